The van der Waals surface area contributed by atoms with Crippen molar-refractivity contribution >= 4 is 12.4 Å². The summed E-state index contributed by atoms with van der Waals surface area (Å²) in [6.07, 6.45) is 5.17. The minimum atomic E-state index is -0.712. The molecule has 4 heteroatoms. The number of halogens is 1. The van der Waals surface area contributed by atoms with Crippen LogP contribution in [-0.2, 0) is 9.47 Å². The molecule has 64 valence electrons. The summed E-state index contributed by atoms with van der Waals surface area (Å²) < 4.78 is 10.2. The molecular formula is C7H12ClNO2. The van der Waals surface area contributed by atoms with Gasteiger partial charge in [-0.2, -0.15) is 0 Å². The Balaban J connectivity index is 0.000001000. The Morgan fingerprint density at radius 3 is 2.09 bits per heavy atom. The fourth-order valence-electron chi connectivity index (χ4n) is 0.751. The zero-order valence-electron chi connectivity index (χ0n) is 6.21. The second kappa shape index (κ2) is 4.58. The standard InChI is InChI=1S/C7H11NO2.ClH/c1-2-7(8)5-9-3-4-10-6-7;/h1H,3-6,8H2;1H. The van der Waals surface area contributed by atoms with Crippen molar-refractivity contribution in [3.8, 4) is 12.3 Å². The van der Waals surface area contributed by atoms with Crippen LogP contribution in [0.4, 0.5) is 0 Å². The zero-order valence-corrected chi connectivity index (χ0v) is 7.02. The van der Waals surface area contributed by atoms with E-state index in [-0.39, 0.29) is 12.4 Å². The van der Waals surface area contributed by atoms with E-state index < -0.39 is 5.54 Å². The van der Waals surface area contributed by atoms with Gasteiger partial charge in [0.15, 0.2) is 0 Å². The molecule has 0 aromatic heterocycles. The topological polar surface area (TPSA) is 44.5 Å². The molecule has 0 radical (unpaired) electrons. The van der Waals surface area contributed by atoms with Gasteiger partial charge >= 0.3 is 0 Å². The van der Waals surface area contributed by atoms with Crippen LogP contribution in [0.1, 0.15) is 0 Å². The molecule has 0 amide bonds. The molecule has 3 nitrogen and oxygen atoms in total. The molecule has 0 unspecified atom stereocenters. The van der Waals surface area contributed by atoms with Crippen LogP contribution in [0.2, 0.25) is 0 Å². The number of rotatable bonds is 0. The summed E-state index contributed by atoms with van der Waals surface area (Å²) >= 11 is 0. The zero-order chi connectivity index (χ0) is 7.45. The van der Waals surface area contributed by atoms with Crippen LogP contribution >= 0.6 is 12.4 Å². The van der Waals surface area contributed by atoms with Gasteiger partial charge in [-0.1, -0.05) is 5.92 Å². The van der Waals surface area contributed by atoms with Crippen LogP contribution in [0.3, 0.4) is 0 Å². The maximum atomic E-state index is 5.67. The summed E-state index contributed by atoms with van der Waals surface area (Å²) in [4.78, 5) is 0. The van der Waals surface area contributed by atoms with Gasteiger partial charge in [-0.3, -0.25) is 0 Å². The van der Waals surface area contributed by atoms with Crippen molar-refractivity contribution in [3.63, 3.8) is 0 Å². The van der Waals surface area contributed by atoms with E-state index in [2.05, 4.69) is 5.92 Å². The number of ether oxygens (including phenoxy) is 2. The molecule has 2 N–H and O–H groups in total. The minimum absolute atomic E-state index is 0. The lowest BCUT2D eigenvalue weighted by Gasteiger charge is -2.18. The molecule has 11 heavy (non-hydrogen) atoms. The second-order valence-corrected chi connectivity index (χ2v) is 2.41. The van der Waals surface area contributed by atoms with Crippen LogP contribution in [0.25, 0.3) is 0 Å². The van der Waals surface area contributed by atoms with Gasteiger partial charge in [-0.15, -0.1) is 18.8 Å². The van der Waals surface area contributed by atoms with Gasteiger partial charge in [0, 0.05) is 0 Å². The van der Waals surface area contributed by atoms with Gasteiger partial charge in [0.25, 0.3) is 0 Å². The number of hydrogen-bond acceptors (Lipinski definition) is 3. The Kier molecular flexibility index (Phi) is 4.46. The van der Waals surface area contributed by atoms with E-state index in [1.165, 1.54) is 0 Å². The first-order valence-electron chi connectivity index (χ1n) is 3.19. The van der Waals surface area contributed by atoms with Crippen molar-refractivity contribution in [3.05, 3.63) is 0 Å². The Morgan fingerprint density at radius 1 is 1.27 bits per heavy atom. The highest BCUT2D eigenvalue weighted by Crippen LogP contribution is 2.04. The third kappa shape index (κ3) is 3.08. The van der Waals surface area contributed by atoms with Crippen molar-refractivity contribution in [1.29, 1.82) is 0 Å². The summed E-state index contributed by atoms with van der Waals surface area (Å²) in [6, 6.07) is 0. The smallest absolute Gasteiger partial charge is 0.124 e. The maximum absolute atomic E-state index is 5.67. The fraction of sp³-hybridized carbons (Fsp3) is 0.714. The van der Waals surface area contributed by atoms with Gasteiger partial charge in [-0.05, 0) is 0 Å². The highest BCUT2D eigenvalue weighted by Gasteiger charge is 2.24. The molecule has 0 aromatic rings. The van der Waals surface area contributed by atoms with Crippen LogP contribution in [0, 0.1) is 12.3 Å². The van der Waals surface area contributed by atoms with Gasteiger partial charge in [-0.25, -0.2) is 0 Å². The first-order chi connectivity index (χ1) is 4.77. The molecule has 0 aromatic carbocycles. The lowest BCUT2D eigenvalue weighted by molar-refractivity contribution is 0.103. The van der Waals surface area contributed by atoms with E-state index in [0.717, 1.165) is 0 Å². The van der Waals surface area contributed by atoms with E-state index in [1.807, 2.05) is 0 Å². The van der Waals surface area contributed by atoms with Crippen LogP contribution in [0.15, 0.2) is 0 Å². The largest absolute Gasteiger partial charge is 0.376 e. The minimum Gasteiger partial charge on any atom is -0.376 e. The Bertz CT molecular complexity index is 147. The highest BCUT2D eigenvalue weighted by atomic mass is 35.5. The van der Waals surface area contributed by atoms with Crippen LogP contribution in [0.5, 0.6) is 0 Å². The maximum Gasteiger partial charge on any atom is 0.124 e. The molecule has 1 fully saturated rings. The monoisotopic (exact) mass is 177 g/mol. The van der Waals surface area contributed by atoms with E-state index in [0.29, 0.717) is 26.4 Å². The van der Waals surface area contributed by atoms with Gasteiger partial charge in [0.1, 0.15) is 5.54 Å². The molecule has 1 heterocycles. The summed E-state index contributed by atoms with van der Waals surface area (Å²) in [7, 11) is 0. The first-order valence-corrected chi connectivity index (χ1v) is 3.19. The molecule has 1 aliphatic heterocycles. The van der Waals surface area contributed by atoms with E-state index in [4.69, 9.17) is 21.6 Å². The average Bonchev–Trinajstić information content (AvgIpc) is 2.15. The Hall–Kier alpha value is -0.270. The molecule has 1 rings (SSSR count). The van der Waals surface area contributed by atoms with Crippen LogP contribution in [-0.4, -0.2) is 32.0 Å². The molecule has 1 saturated heterocycles. The first kappa shape index (κ1) is 10.7. The molecular weight excluding hydrogens is 166 g/mol. The van der Waals surface area contributed by atoms with Crippen LogP contribution < -0.4 is 5.73 Å². The summed E-state index contributed by atoms with van der Waals surface area (Å²) in [5.41, 5.74) is 4.96. The third-order valence-electron chi connectivity index (χ3n) is 1.38. The summed E-state index contributed by atoms with van der Waals surface area (Å²) in [5.74, 6) is 2.45. The number of terminal acetylenes is 1. The Labute approximate surface area is 72.6 Å². The lowest BCUT2D eigenvalue weighted by Crippen LogP contribution is -2.46. The SMILES string of the molecule is C#CC1(N)COCCOC1.Cl. The van der Waals surface area contributed by atoms with Crippen molar-refractivity contribution in [2.75, 3.05) is 26.4 Å². The molecule has 0 atom stereocenters. The van der Waals surface area contributed by atoms with E-state index in [1.54, 1.807) is 0 Å². The predicted octanol–water partition coefficient (Wildman–Crippen LogP) is -0.214. The quantitative estimate of drug-likeness (QED) is 0.521. The van der Waals surface area contributed by atoms with Gasteiger partial charge in [0.2, 0.25) is 0 Å². The van der Waals surface area contributed by atoms with Crippen molar-refractivity contribution in [1.82, 2.24) is 0 Å². The van der Waals surface area contributed by atoms with Crippen molar-refractivity contribution in [2.24, 2.45) is 5.73 Å². The average molecular weight is 178 g/mol. The number of hydrogen-bond donors (Lipinski definition) is 1. The third-order valence-corrected chi connectivity index (χ3v) is 1.38. The summed E-state index contributed by atoms with van der Waals surface area (Å²) in [6.45, 7) is 1.95. The fourth-order valence-corrected chi connectivity index (χ4v) is 0.751. The predicted molar refractivity (Wildman–Crippen MR) is 44.6 cm³/mol. The Morgan fingerprint density at radius 2 is 1.73 bits per heavy atom. The highest BCUT2D eigenvalue weighted by molar-refractivity contribution is 5.85. The van der Waals surface area contributed by atoms with Crippen molar-refractivity contribution in [2.45, 2.75) is 5.54 Å². The normalized spacial score (nSPS) is 22.5. The molecule has 0 aliphatic carbocycles. The number of nitrogens with two attached hydrogens (primary N) is 1. The van der Waals surface area contributed by atoms with Gasteiger partial charge in [0.05, 0.1) is 26.4 Å². The lowest BCUT2D eigenvalue weighted by atomic mass is 10.1. The van der Waals surface area contributed by atoms with E-state index in [9.17, 15) is 0 Å². The van der Waals surface area contributed by atoms with Gasteiger partial charge < -0.3 is 15.2 Å². The molecule has 0 bridgehead atoms. The van der Waals surface area contributed by atoms with Crippen molar-refractivity contribution < 1.29 is 9.47 Å². The summed E-state index contributed by atoms with van der Waals surface area (Å²) in [5, 5.41) is 0. The molecule has 1 aliphatic rings. The molecule has 0 spiro atoms. The van der Waals surface area contributed by atoms with E-state index >= 15 is 0 Å². The second-order valence-electron chi connectivity index (χ2n) is 2.41. The molecule has 0 saturated carbocycles.